The van der Waals surface area contributed by atoms with Crippen LogP contribution >= 0.6 is 0 Å². The lowest BCUT2D eigenvalue weighted by molar-refractivity contribution is -0.210. The van der Waals surface area contributed by atoms with Gasteiger partial charge in [0, 0.05) is 19.6 Å². The van der Waals surface area contributed by atoms with Gasteiger partial charge in [-0.05, 0) is 0 Å². The van der Waals surface area contributed by atoms with E-state index in [-0.39, 0.29) is 13.2 Å². The summed E-state index contributed by atoms with van der Waals surface area (Å²) < 4.78 is 41.0. The van der Waals surface area contributed by atoms with Crippen LogP contribution in [0, 0.1) is 11.3 Å². The van der Waals surface area contributed by atoms with Gasteiger partial charge in [-0.1, -0.05) is 0 Å². The zero-order valence-electron chi connectivity index (χ0n) is 7.87. The van der Waals surface area contributed by atoms with Gasteiger partial charge in [0.15, 0.2) is 12.2 Å². The zero-order valence-corrected chi connectivity index (χ0v) is 7.87. The third-order valence-electron chi connectivity index (χ3n) is 2.10. The molecule has 1 rings (SSSR count). The van der Waals surface area contributed by atoms with E-state index in [4.69, 9.17) is 15.1 Å². The molecule has 1 heterocycles. The van der Waals surface area contributed by atoms with E-state index < -0.39 is 24.9 Å². The number of rotatable bonds is 2. The lowest BCUT2D eigenvalue weighted by Gasteiger charge is -2.31. The first-order chi connectivity index (χ1) is 6.93. The molecular formula is C8H11F3N2O2. The largest absolute Gasteiger partial charge is 0.415 e. The van der Waals surface area contributed by atoms with Crippen LogP contribution in [0.4, 0.5) is 13.2 Å². The first-order valence-corrected chi connectivity index (χ1v) is 4.42. The summed E-state index contributed by atoms with van der Waals surface area (Å²) in [5, 5.41) is 17.3. The van der Waals surface area contributed by atoms with Crippen molar-refractivity contribution in [3.05, 3.63) is 0 Å². The van der Waals surface area contributed by atoms with Crippen molar-refractivity contribution in [3.63, 3.8) is 0 Å². The van der Waals surface area contributed by atoms with Gasteiger partial charge in [-0.15, -0.1) is 0 Å². The number of hydrogen-bond acceptors (Lipinski definition) is 4. The predicted molar refractivity (Wildman–Crippen MR) is 43.9 cm³/mol. The quantitative estimate of drug-likeness (QED) is 0.724. The Morgan fingerprint density at radius 1 is 1.60 bits per heavy atom. The van der Waals surface area contributed by atoms with Crippen molar-refractivity contribution in [2.75, 3.05) is 26.2 Å². The molecule has 0 spiro atoms. The molecule has 0 bridgehead atoms. The number of hydrogen-bond donors (Lipinski definition) is 1. The fourth-order valence-electron chi connectivity index (χ4n) is 1.29. The fraction of sp³-hybridized carbons (Fsp3) is 0.875. The maximum absolute atomic E-state index is 12.0. The summed E-state index contributed by atoms with van der Waals surface area (Å²) in [5.74, 6) is 0. The van der Waals surface area contributed by atoms with E-state index in [9.17, 15) is 13.2 Å². The molecule has 4 nitrogen and oxygen atoms in total. The average Bonchev–Trinajstić information content (AvgIpc) is 2.16. The maximum atomic E-state index is 12.0. The molecule has 2 unspecified atom stereocenters. The molecule has 15 heavy (non-hydrogen) atoms. The summed E-state index contributed by atoms with van der Waals surface area (Å²) >= 11 is 0. The highest BCUT2D eigenvalue weighted by atomic mass is 19.4. The van der Waals surface area contributed by atoms with Crippen LogP contribution in [0.15, 0.2) is 0 Å². The molecule has 7 heteroatoms. The summed E-state index contributed by atoms with van der Waals surface area (Å²) in [6, 6.07) is 1.82. The van der Waals surface area contributed by atoms with Gasteiger partial charge in [0.1, 0.15) is 0 Å². The van der Waals surface area contributed by atoms with Crippen LogP contribution in [0.3, 0.4) is 0 Å². The van der Waals surface area contributed by atoms with E-state index in [1.54, 1.807) is 0 Å². The van der Waals surface area contributed by atoms with Crippen LogP contribution in [0.25, 0.3) is 0 Å². The highest BCUT2D eigenvalue weighted by molar-refractivity contribution is 4.90. The number of aliphatic hydroxyl groups excluding tert-OH is 1. The number of nitrogens with zero attached hydrogens (tertiary/aromatic N) is 2. The number of ether oxygens (including phenoxy) is 1. The second-order valence-electron chi connectivity index (χ2n) is 3.31. The molecule has 1 N–H and O–H groups in total. The average molecular weight is 224 g/mol. The molecule has 1 aliphatic rings. The van der Waals surface area contributed by atoms with Crippen molar-refractivity contribution in [3.8, 4) is 6.07 Å². The van der Waals surface area contributed by atoms with Crippen LogP contribution in [0.5, 0.6) is 0 Å². The molecule has 0 saturated carbocycles. The first kappa shape index (κ1) is 12.2. The molecule has 2 atom stereocenters. The standard InChI is InChI=1S/C8H11F3N2O2/c9-8(10,11)7(14)5-13-1-2-15-6(3-12)4-13/h6-7,14H,1-2,4-5H2. The minimum Gasteiger partial charge on any atom is -0.382 e. The number of β-amino-alcohol motifs (C(OH)–C–C–N with tert-alkyl or cyclic N) is 1. The van der Waals surface area contributed by atoms with Gasteiger partial charge < -0.3 is 9.84 Å². The molecule has 0 amide bonds. The topological polar surface area (TPSA) is 56.5 Å². The second-order valence-corrected chi connectivity index (χ2v) is 3.31. The molecule has 86 valence electrons. The fourth-order valence-corrected chi connectivity index (χ4v) is 1.29. The zero-order chi connectivity index (χ0) is 11.5. The molecule has 0 radical (unpaired) electrons. The summed E-state index contributed by atoms with van der Waals surface area (Å²) in [5.41, 5.74) is 0. The maximum Gasteiger partial charge on any atom is 0.415 e. The number of halogens is 3. The van der Waals surface area contributed by atoms with Crippen LogP contribution in [-0.4, -0.2) is 54.6 Å². The second kappa shape index (κ2) is 4.79. The Morgan fingerprint density at radius 2 is 2.27 bits per heavy atom. The highest BCUT2D eigenvalue weighted by Crippen LogP contribution is 2.21. The van der Waals surface area contributed by atoms with E-state index in [2.05, 4.69) is 0 Å². The number of morpholine rings is 1. The van der Waals surface area contributed by atoms with E-state index >= 15 is 0 Å². The van der Waals surface area contributed by atoms with Crippen molar-refractivity contribution in [1.82, 2.24) is 4.90 Å². The van der Waals surface area contributed by atoms with Crippen molar-refractivity contribution >= 4 is 0 Å². The minimum atomic E-state index is -4.61. The SMILES string of the molecule is N#CC1CN(CC(O)C(F)(F)F)CCO1. The first-order valence-electron chi connectivity index (χ1n) is 4.42. The molecular weight excluding hydrogens is 213 g/mol. The highest BCUT2D eigenvalue weighted by Gasteiger charge is 2.39. The molecule has 0 aromatic heterocycles. The Kier molecular flexibility index (Phi) is 3.90. The van der Waals surface area contributed by atoms with Gasteiger partial charge in [0.05, 0.1) is 12.7 Å². The Hall–Kier alpha value is -0.840. The van der Waals surface area contributed by atoms with Gasteiger partial charge >= 0.3 is 6.18 Å². The Bertz CT molecular complexity index is 251. The van der Waals surface area contributed by atoms with E-state index in [0.29, 0.717) is 6.54 Å². The predicted octanol–water partition coefficient (Wildman–Crippen LogP) is 0.134. The molecule has 0 aromatic rings. The third kappa shape index (κ3) is 3.66. The Labute approximate surface area is 84.8 Å². The van der Waals surface area contributed by atoms with Crippen LogP contribution in [0.2, 0.25) is 0 Å². The smallest absolute Gasteiger partial charge is 0.382 e. The Balaban J connectivity index is 2.42. The molecule has 0 aromatic carbocycles. The van der Waals surface area contributed by atoms with Crippen molar-refractivity contribution in [2.24, 2.45) is 0 Å². The third-order valence-corrected chi connectivity index (χ3v) is 2.10. The van der Waals surface area contributed by atoms with E-state index in [1.165, 1.54) is 4.90 Å². The van der Waals surface area contributed by atoms with Crippen LogP contribution in [0.1, 0.15) is 0 Å². The number of aliphatic hydroxyl groups is 1. The van der Waals surface area contributed by atoms with Gasteiger partial charge in [0.25, 0.3) is 0 Å². The van der Waals surface area contributed by atoms with Gasteiger partial charge in [0.2, 0.25) is 0 Å². The number of alkyl halides is 3. The summed E-state index contributed by atoms with van der Waals surface area (Å²) in [7, 11) is 0. The summed E-state index contributed by atoms with van der Waals surface area (Å²) in [6.45, 7) is 0.100. The van der Waals surface area contributed by atoms with E-state index in [1.807, 2.05) is 6.07 Å². The lowest BCUT2D eigenvalue weighted by atomic mass is 10.2. The Morgan fingerprint density at radius 3 is 2.80 bits per heavy atom. The van der Waals surface area contributed by atoms with Gasteiger partial charge in [-0.25, -0.2) is 0 Å². The molecule has 1 saturated heterocycles. The van der Waals surface area contributed by atoms with Crippen molar-refractivity contribution in [2.45, 2.75) is 18.4 Å². The normalized spacial score (nSPS) is 25.9. The summed E-state index contributed by atoms with van der Waals surface area (Å²) in [4.78, 5) is 1.37. The van der Waals surface area contributed by atoms with Crippen molar-refractivity contribution in [1.29, 1.82) is 5.26 Å². The minimum absolute atomic E-state index is 0.101. The van der Waals surface area contributed by atoms with Crippen LogP contribution < -0.4 is 0 Å². The van der Waals surface area contributed by atoms with Gasteiger partial charge in [-0.2, -0.15) is 18.4 Å². The molecule has 0 aliphatic carbocycles. The monoisotopic (exact) mass is 224 g/mol. The lowest BCUT2D eigenvalue weighted by Crippen LogP contribution is -2.48. The van der Waals surface area contributed by atoms with E-state index in [0.717, 1.165) is 0 Å². The molecule has 1 fully saturated rings. The number of nitriles is 1. The summed E-state index contributed by atoms with van der Waals surface area (Å²) in [6.07, 6.45) is -7.69. The van der Waals surface area contributed by atoms with Crippen molar-refractivity contribution < 1.29 is 23.0 Å². The molecule has 1 aliphatic heterocycles. The van der Waals surface area contributed by atoms with Crippen LogP contribution in [-0.2, 0) is 4.74 Å². The van der Waals surface area contributed by atoms with Gasteiger partial charge in [-0.3, -0.25) is 4.90 Å².